The Morgan fingerprint density at radius 1 is 1.03 bits per heavy atom. The first-order chi connectivity index (χ1) is 17.0. The fraction of sp³-hybridized carbons (Fsp3) is 0.240. The van der Waals surface area contributed by atoms with Gasteiger partial charge in [0, 0.05) is 34.9 Å². The van der Waals surface area contributed by atoms with E-state index < -0.39 is 22.9 Å². The predicted molar refractivity (Wildman–Crippen MR) is 129 cm³/mol. The second kappa shape index (κ2) is 9.82. The highest BCUT2D eigenvalue weighted by atomic mass is 32.2. The van der Waals surface area contributed by atoms with Crippen molar-refractivity contribution in [3.05, 3.63) is 77.0 Å². The van der Waals surface area contributed by atoms with E-state index in [-0.39, 0.29) is 17.1 Å². The van der Waals surface area contributed by atoms with Crippen LogP contribution in [0.25, 0.3) is 16.6 Å². The molecule has 188 valence electrons. The Bertz CT molecular complexity index is 1470. The monoisotopic (exact) mass is 517 g/mol. The molecule has 2 aromatic heterocycles. The molecule has 36 heavy (non-hydrogen) atoms. The van der Waals surface area contributed by atoms with Gasteiger partial charge in [0.05, 0.1) is 29.5 Å². The molecule has 0 bridgehead atoms. The van der Waals surface area contributed by atoms with Gasteiger partial charge in [-0.3, -0.25) is 14.3 Å². The largest absolute Gasteiger partial charge is 0.493 e. The number of methoxy groups -OCH3 is 1. The van der Waals surface area contributed by atoms with E-state index >= 15 is 0 Å². The minimum absolute atomic E-state index is 0.0447. The van der Waals surface area contributed by atoms with E-state index in [0.717, 1.165) is 23.9 Å². The Balaban J connectivity index is 1.67. The number of hydrogen-bond acceptors (Lipinski definition) is 7. The third-order valence-corrected chi connectivity index (χ3v) is 6.10. The van der Waals surface area contributed by atoms with E-state index in [1.807, 2.05) is 0 Å². The van der Waals surface area contributed by atoms with Crippen LogP contribution in [0, 0.1) is 0 Å². The summed E-state index contributed by atoms with van der Waals surface area (Å²) in [4.78, 5) is 22.0. The van der Waals surface area contributed by atoms with Crippen LogP contribution in [-0.4, -0.2) is 39.0 Å². The van der Waals surface area contributed by atoms with Crippen LogP contribution in [0.2, 0.25) is 0 Å². The summed E-state index contributed by atoms with van der Waals surface area (Å²) in [6.45, 7) is 3.28. The van der Waals surface area contributed by atoms with Crippen LogP contribution < -0.4 is 15.0 Å². The third kappa shape index (κ3) is 5.63. The minimum Gasteiger partial charge on any atom is -0.493 e. The van der Waals surface area contributed by atoms with Crippen LogP contribution in [0.5, 0.6) is 11.5 Å². The Kier molecular flexibility index (Phi) is 6.96. The molecule has 0 spiro atoms. The van der Waals surface area contributed by atoms with Gasteiger partial charge < -0.3 is 14.6 Å². The van der Waals surface area contributed by atoms with Crippen LogP contribution in [0.1, 0.15) is 19.4 Å². The third-order valence-electron chi connectivity index (χ3n) is 5.05. The molecule has 0 atom stereocenters. The maximum absolute atomic E-state index is 13.2. The number of fused-ring (bicyclic) bond motifs is 1. The summed E-state index contributed by atoms with van der Waals surface area (Å²) in [5, 5.41) is 10.5. The molecule has 0 radical (unpaired) electrons. The first kappa shape index (κ1) is 25.5. The highest BCUT2D eigenvalue weighted by molar-refractivity contribution is 7.99. The van der Waals surface area contributed by atoms with Gasteiger partial charge in [-0.15, -0.1) is 0 Å². The van der Waals surface area contributed by atoms with Crippen molar-refractivity contribution in [1.29, 1.82) is 0 Å². The molecule has 0 fully saturated rings. The molecule has 0 amide bonds. The van der Waals surface area contributed by atoms with Crippen LogP contribution in [0.15, 0.2) is 75.8 Å². The number of alkyl halides is 3. The highest BCUT2D eigenvalue weighted by Crippen LogP contribution is 2.35. The van der Waals surface area contributed by atoms with Gasteiger partial charge in [0.15, 0.2) is 16.5 Å². The molecule has 0 saturated heterocycles. The summed E-state index contributed by atoms with van der Waals surface area (Å²) < 4.78 is 51.6. The van der Waals surface area contributed by atoms with E-state index in [9.17, 15) is 23.1 Å². The van der Waals surface area contributed by atoms with Crippen LogP contribution >= 0.6 is 11.8 Å². The van der Waals surface area contributed by atoms with Gasteiger partial charge in [0.2, 0.25) is 0 Å². The van der Waals surface area contributed by atoms with Crippen molar-refractivity contribution in [3.8, 4) is 17.2 Å². The van der Waals surface area contributed by atoms with E-state index in [2.05, 4.69) is 9.97 Å². The molecular formula is C25H22F3N3O4S. The van der Waals surface area contributed by atoms with E-state index in [4.69, 9.17) is 9.47 Å². The van der Waals surface area contributed by atoms with Crippen molar-refractivity contribution in [2.45, 2.75) is 35.5 Å². The van der Waals surface area contributed by atoms with Crippen LogP contribution in [0.4, 0.5) is 13.2 Å². The lowest BCUT2D eigenvalue weighted by Gasteiger charge is -2.19. The second-order valence-corrected chi connectivity index (χ2v) is 9.52. The fourth-order valence-electron chi connectivity index (χ4n) is 3.34. The first-order valence-corrected chi connectivity index (χ1v) is 11.5. The average Bonchev–Trinajstić information content (AvgIpc) is 2.82. The molecule has 0 saturated carbocycles. The van der Waals surface area contributed by atoms with Gasteiger partial charge in [-0.1, -0.05) is 17.8 Å². The van der Waals surface area contributed by atoms with E-state index in [0.29, 0.717) is 27.5 Å². The second-order valence-electron chi connectivity index (χ2n) is 8.48. The number of halogens is 3. The number of pyridine rings is 1. The van der Waals surface area contributed by atoms with E-state index in [1.165, 1.54) is 36.3 Å². The first-order valence-electron chi connectivity index (χ1n) is 10.7. The number of aliphatic hydroxyl groups is 1. The Hall–Kier alpha value is -3.57. The smallest absolute Gasteiger partial charge is 0.416 e. The van der Waals surface area contributed by atoms with Gasteiger partial charge >= 0.3 is 6.18 Å². The zero-order valence-corrected chi connectivity index (χ0v) is 20.4. The highest BCUT2D eigenvalue weighted by Gasteiger charge is 2.30. The van der Waals surface area contributed by atoms with Gasteiger partial charge in [0.1, 0.15) is 6.61 Å². The van der Waals surface area contributed by atoms with Gasteiger partial charge in [0.25, 0.3) is 5.56 Å². The molecule has 11 heteroatoms. The molecule has 4 rings (SSSR count). The number of ether oxygens (including phenoxy) is 2. The van der Waals surface area contributed by atoms with Crippen molar-refractivity contribution in [3.63, 3.8) is 0 Å². The van der Waals surface area contributed by atoms with Crippen LogP contribution in [0.3, 0.4) is 0 Å². The Morgan fingerprint density at radius 2 is 1.81 bits per heavy atom. The standard InChI is InChI=1S/C25H22F3N3O4S/c1-24(2,33)14-35-19-7-5-16(13-20(19)34-3)31-11-10-30-22(23(31)32)36-21-8-9-29-18-12-15(25(26,27)28)4-6-17(18)21/h4-13,33H,14H2,1-3H3. The van der Waals surface area contributed by atoms with Crippen molar-refractivity contribution >= 4 is 22.7 Å². The summed E-state index contributed by atoms with van der Waals surface area (Å²) in [5.41, 5.74) is -1.60. The molecule has 2 aromatic carbocycles. The summed E-state index contributed by atoms with van der Waals surface area (Å²) in [6, 6.07) is 9.84. The Morgan fingerprint density at radius 3 is 2.50 bits per heavy atom. The average molecular weight is 518 g/mol. The van der Waals surface area contributed by atoms with Gasteiger partial charge in [-0.05, 0) is 44.2 Å². The Labute approximate surface area is 208 Å². The normalized spacial score (nSPS) is 12.1. The zero-order chi connectivity index (χ0) is 26.1. The molecule has 0 aliphatic heterocycles. The maximum atomic E-state index is 13.2. The molecule has 0 aliphatic carbocycles. The summed E-state index contributed by atoms with van der Waals surface area (Å²) in [7, 11) is 1.46. The topological polar surface area (TPSA) is 86.5 Å². The van der Waals surface area contributed by atoms with Gasteiger partial charge in [-0.2, -0.15) is 13.2 Å². The summed E-state index contributed by atoms with van der Waals surface area (Å²) >= 11 is 1.04. The fourth-order valence-corrected chi connectivity index (χ4v) is 4.26. The summed E-state index contributed by atoms with van der Waals surface area (Å²) in [6.07, 6.45) is -0.133. The van der Waals surface area contributed by atoms with E-state index in [1.54, 1.807) is 38.1 Å². The molecule has 1 N–H and O–H groups in total. The lowest BCUT2D eigenvalue weighted by atomic mass is 10.1. The number of hydrogen-bond donors (Lipinski definition) is 1. The van der Waals surface area contributed by atoms with Gasteiger partial charge in [-0.25, -0.2) is 4.98 Å². The van der Waals surface area contributed by atoms with Crippen molar-refractivity contribution in [2.24, 2.45) is 0 Å². The lowest BCUT2D eigenvalue weighted by molar-refractivity contribution is -0.137. The zero-order valence-electron chi connectivity index (χ0n) is 19.5. The molecule has 0 unspecified atom stereocenters. The molecule has 4 aromatic rings. The van der Waals surface area contributed by atoms with Crippen molar-refractivity contribution in [2.75, 3.05) is 13.7 Å². The molecular weight excluding hydrogens is 495 g/mol. The predicted octanol–water partition coefficient (Wildman–Crippen LogP) is 5.11. The number of nitrogens with zero attached hydrogens (tertiary/aromatic N) is 3. The lowest BCUT2D eigenvalue weighted by Crippen LogP contribution is -2.28. The number of rotatable bonds is 7. The SMILES string of the molecule is COc1cc(-n2ccnc(Sc3ccnc4cc(C(F)(F)F)ccc34)c2=O)ccc1OCC(C)(C)O. The van der Waals surface area contributed by atoms with Crippen molar-refractivity contribution in [1.82, 2.24) is 14.5 Å². The minimum atomic E-state index is -4.48. The van der Waals surface area contributed by atoms with Crippen molar-refractivity contribution < 1.29 is 27.8 Å². The molecule has 7 nitrogen and oxygen atoms in total. The number of aromatic nitrogens is 3. The van der Waals surface area contributed by atoms with Crippen LogP contribution in [-0.2, 0) is 6.18 Å². The maximum Gasteiger partial charge on any atom is 0.416 e. The quantitative estimate of drug-likeness (QED) is 0.365. The number of benzene rings is 2. The molecule has 0 aliphatic rings. The molecule has 2 heterocycles. The summed E-state index contributed by atoms with van der Waals surface area (Å²) in [5.74, 6) is 0.775.